The molecule has 0 heterocycles. The Hall–Kier alpha value is -1.28. The number of benzene rings is 1. The van der Waals surface area contributed by atoms with Crippen molar-refractivity contribution in [3.05, 3.63) is 34.9 Å². The van der Waals surface area contributed by atoms with Gasteiger partial charge in [-0.1, -0.05) is 12.1 Å². The van der Waals surface area contributed by atoms with Gasteiger partial charge in [0.2, 0.25) is 0 Å². The first-order valence-corrected chi connectivity index (χ1v) is 4.45. The van der Waals surface area contributed by atoms with Crippen LogP contribution in [0.15, 0.2) is 23.8 Å². The van der Waals surface area contributed by atoms with E-state index in [0.29, 0.717) is 5.75 Å². The lowest BCUT2D eigenvalue weighted by Gasteiger charge is -2.04. The summed E-state index contributed by atoms with van der Waals surface area (Å²) in [5.41, 5.74) is 9.38. The van der Waals surface area contributed by atoms with Crippen LogP contribution in [0.1, 0.15) is 18.1 Å². The van der Waals surface area contributed by atoms with Crippen molar-refractivity contribution >= 4 is 6.08 Å². The zero-order valence-electron chi connectivity index (χ0n) is 7.62. The molecule has 1 aromatic rings. The molecule has 1 aliphatic carbocycles. The van der Waals surface area contributed by atoms with Crippen LogP contribution in [0.25, 0.3) is 6.08 Å². The van der Waals surface area contributed by atoms with Crippen LogP contribution in [0.3, 0.4) is 0 Å². The maximum absolute atomic E-state index is 9.27. The van der Waals surface area contributed by atoms with Crippen molar-refractivity contribution in [3.8, 4) is 5.75 Å². The summed E-state index contributed by atoms with van der Waals surface area (Å²) in [7, 11) is 0. The van der Waals surface area contributed by atoms with Crippen LogP contribution >= 0.6 is 0 Å². The van der Waals surface area contributed by atoms with Crippen molar-refractivity contribution in [3.63, 3.8) is 0 Å². The first kappa shape index (κ1) is 8.32. The first-order chi connectivity index (χ1) is 6.16. The van der Waals surface area contributed by atoms with Gasteiger partial charge in [0.1, 0.15) is 5.75 Å². The molecule has 1 aromatic carbocycles. The van der Waals surface area contributed by atoms with Crippen molar-refractivity contribution in [1.29, 1.82) is 0 Å². The fourth-order valence-electron chi connectivity index (χ4n) is 1.65. The molecule has 68 valence electrons. The monoisotopic (exact) mass is 175 g/mol. The van der Waals surface area contributed by atoms with Gasteiger partial charge in [-0.15, -0.1) is 0 Å². The number of rotatable bonds is 1. The minimum atomic E-state index is 0.106. The van der Waals surface area contributed by atoms with Crippen LogP contribution in [0, 0.1) is 0 Å². The van der Waals surface area contributed by atoms with E-state index in [4.69, 9.17) is 5.73 Å². The number of phenolic OH excluding ortho intramolecular Hbond substituents is 1. The molecule has 1 atom stereocenters. The van der Waals surface area contributed by atoms with Crippen LogP contribution < -0.4 is 5.73 Å². The molecular weight excluding hydrogens is 162 g/mol. The van der Waals surface area contributed by atoms with E-state index in [9.17, 15) is 5.11 Å². The van der Waals surface area contributed by atoms with E-state index in [0.717, 1.165) is 6.42 Å². The van der Waals surface area contributed by atoms with Crippen molar-refractivity contribution in [1.82, 2.24) is 0 Å². The van der Waals surface area contributed by atoms with Crippen LogP contribution in [-0.2, 0) is 6.42 Å². The van der Waals surface area contributed by atoms with E-state index in [1.165, 1.54) is 16.7 Å². The molecule has 0 fully saturated rings. The van der Waals surface area contributed by atoms with Crippen LogP contribution in [0.4, 0.5) is 0 Å². The third-order valence-corrected chi connectivity index (χ3v) is 2.45. The zero-order chi connectivity index (χ0) is 9.42. The van der Waals surface area contributed by atoms with Crippen LogP contribution in [-0.4, -0.2) is 11.1 Å². The minimum absolute atomic E-state index is 0.106. The maximum Gasteiger partial charge on any atom is 0.115 e. The number of nitrogens with two attached hydrogens (primary N) is 1. The average molecular weight is 175 g/mol. The highest BCUT2D eigenvalue weighted by atomic mass is 16.3. The van der Waals surface area contributed by atoms with E-state index in [1.807, 2.05) is 13.0 Å². The Morgan fingerprint density at radius 2 is 2.23 bits per heavy atom. The van der Waals surface area contributed by atoms with Crippen LogP contribution in [0.5, 0.6) is 5.75 Å². The second-order valence-electron chi connectivity index (χ2n) is 3.57. The van der Waals surface area contributed by atoms with E-state index in [-0.39, 0.29) is 6.04 Å². The topological polar surface area (TPSA) is 46.2 Å². The Morgan fingerprint density at radius 3 is 2.92 bits per heavy atom. The normalized spacial score (nSPS) is 16.6. The number of hydrogen-bond donors (Lipinski definition) is 2. The molecule has 0 aromatic heterocycles. The van der Waals surface area contributed by atoms with Gasteiger partial charge in [0.15, 0.2) is 0 Å². The first-order valence-electron chi connectivity index (χ1n) is 4.45. The van der Waals surface area contributed by atoms with Gasteiger partial charge < -0.3 is 10.8 Å². The lowest BCUT2D eigenvalue weighted by atomic mass is 10.1. The smallest absolute Gasteiger partial charge is 0.115 e. The minimum Gasteiger partial charge on any atom is -0.508 e. The van der Waals surface area contributed by atoms with Crippen molar-refractivity contribution in [2.24, 2.45) is 5.73 Å². The summed E-state index contributed by atoms with van der Waals surface area (Å²) in [4.78, 5) is 0. The summed E-state index contributed by atoms with van der Waals surface area (Å²) in [6.07, 6.45) is 2.99. The lowest BCUT2D eigenvalue weighted by molar-refractivity contribution is 0.474. The van der Waals surface area contributed by atoms with Gasteiger partial charge in [-0.3, -0.25) is 0 Å². The molecule has 0 aliphatic heterocycles. The summed E-state index contributed by atoms with van der Waals surface area (Å²) in [5, 5.41) is 9.27. The lowest BCUT2D eigenvalue weighted by Crippen LogP contribution is -2.17. The highest BCUT2D eigenvalue weighted by Gasteiger charge is 2.15. The molecule has 0 spiro atoms. The second kappa shape index (κ2) is 2.89. The molecule has 0 bridgehead atoms. The SMILES string of the molecule is CC(N)C1=Cc2ccc(O)cc2C1. The Bertz CT molecular complexity index is 366. The Kier molecular flexibility index (Phi) is 1.85. The average Bonchev–Trinajstić information content (AvgIpc) is 2.46. The van der Waals surface area contributed by atoms with Gasteiger partial charge >= 0.3 is 0 Å². The van der Waals surface area contributed by atoms with Gasteiger partial charge in [-0.2, -0.15) is 0 Å². The molecule has 0 amide bonds. The maximum atomic E-state index is 9.27. The third kappa shape index (κ3) is 1.45. The highest BCUT2D eigenvalue weighted by molar-refractivity contribution is 5.65. The van der Waals surface area contributed by atoms with Gasteiger partial charge in [0.05, 0.1) is 0 Å². The highest BCUT2D eigenvalue weighted by Crippen LogP contribution is 2.28. The van der Waals surface area contributed by atoms with Crippen molar-refractivity contribution < 1.29 is 5.11 Å². The second-order valence-corrected chi connectivity index (χ2v) is 3.57. The molecular formula is C11H13NO. The van der Waals surface area contributed by atoms with Crippen molar-refractivity contribution in [2.45, 2.75) is 19.4 Å². The van der Waals surface area contributed by atoms with E-state index >= 15 is 0 Å². The van der Waals surface area contributed by atoms with Gasteiger partial charge in [0, 0.05) is 6.04 Å². The number of fused-ring (bicyclic) bond motifs is 1. The molecule has 0 saturated heterocycles. The Morgan fingerprint density at radius 1 is 1.46 bits per heavy atom. The number of hydrogen-bond acceptors (Lipinski definition) is 2. The summed E-state index contributed by atoms with van der Waals surface area (Å²) in [6, 6.07) is 5.55. The predicted molar refractivity (Wildman–Crippen MR) is 53.4 cm³/mol. The molecule has 3 N–H and O–H groups in total. The Balaban J connectivity index is 2.36. The Labute approximate surface area is 77.7 Å². The standard InChI is InChI=1S/C11H13NO/c1-7(12)9-4-8-2-3-11(13)6-10(8)5-9/h2-4,6-7,13H,5,12H2,1H3. The van der Waals surface area contributed by atoms with E-state index in [1.54, 1.807) is 12.1 Å². The molecule has 0 radical (unpaired) electrons. The summed E-state index contributed by atoms with van der Waals surface area (Å²) < 4.78 is 0. The largest absolute Gasteiger partial charge is 0.508 e. The molecule has 1 unspecified atom stereocenters. The van der Waals surface area contributed by atoms with Gasteiger partial charge in [-0.05, 0) is 42.2 Å². The zero-order valence-corrected chi connectivity index (χ0v) is 7.62. The molecule has 2 rings (SSSR count). The molecule has 2 nitrogen and oxygen atoms in total. The molecule has 2 heteroatoms. The molecule has 13 heavy (non-hydrogen) atoms. The van der Waals surface area contributed by atoms with Crippen LogP contribution in [0.2, 0.25) is 0 Å². The fraction of sp³-hybridized carbons (Fsp3) is 0.273. The summed E-state index contributed by atoms with van der Waals surface area (Å²) in [6.45, 7) is 1.98. The fourth-order valence-corrected chi connectivity index (χ4v) is 1.65. The predicted octanol–water partition coefficient (Wildman–Crippen LogP) is 1.68. The third-order valence-electron chi connectivity index (χ3n) is 2.45. The summed E-state index contributed by atoms with van der Waals surface area (Å²) >= 11 is 0. The van der Waals surface area contributed by atoms with Crippen molar-refractivity contribution in [2.75, 3.05) is 0 Å². The van der Waals surface area contributed by atoms with Gasteiger partial charge in [0.25, 0.3) is 0 Å². The molecule has 1 aliphatic rings. The van der Waals surface area contributed by atoms with E-state index in [2.05, 4.69) is 6.08 Å². The molecule has 0 saturated carbocycles. The number of aromatic hydroxyl groups is 1. The number of phenols is 1. The van der Waals surface area contributed by atoms with Gasteiger partial charge in [-0.25, -0.2) is 0 Å². The van der Waals surface area contributed by atoms with E-state index < -0.39 is 0 Å². The summed E-state index contributed by atoms with van der Waals surface area (Å²) in [5.74, 6) is 0.332. The quantitative estimate of drug-likeness (QED) is 0.682.